The van der Waals surface area contributed by atoms with Crippen LogP contribution < -0.4 is 10.0 Å². The molecule has 106 valence electrons. The van der Waals surface area contributed by atoms with E-state index in [1.165, 1.54) is 11.4 Å². The maximum absolute atomic E-state index is 12.5. The number of hydrogen-bond donors (Lipinski definition) is 1. The summed E-state index contributed by atoms with van der Waals surface area (Å²) in [4.78, 5) is 4.29. The van der Waals surface area contributed by atoms with Crippen molar-refractivity contribution in [2.24, 2.45) is 5.73 Å². The molecule has 0 aliphatic heterocycles. The summed E-state index contributed by atoms with van der Waals surface area (Å²) in [7, 11) is -2.12. The van der Waals surface area contributed by atoms with Crippen LogP contribution in [-0.4, -0.2) is 20.4 Å². The van der Waals surface area contributed by atoms with Crippen molar-refractivity contribution in [1.29, 1.82) is 0 Å². The number of benzene rings is 1. The lowest BCUT2D eigenvalue weighted by atomic mass is 10.1. The Kier molecular flexibility index (Phi) is 4.06. The highest BCUT2D eigenvalue weighted by Gasteiger charge is 2.22. The Labute approximate surface area is 119 Å². The van der Waals surface area contributed by atoms with Crippen LogP contribution in [0.1, 0.15) is 11.1 Å². The third-order valence-corrected chi connectivity index (χ3v) is 4.92. The minimum atomic E-state index is -3.61. The Morgan fingerprint density at radius 1 is 1.25 bits per heavy atom. The zero-order chi connectivity index (χ0) is 14.8. The van der Waals surface area contributed by atoms with Gasteiger partial charge in [0.2, 0.25) is 0 Å². The van der Waals surface area contributed by atoms with E-state index in [1.807, 2.05) is 6.92 Å². The van der Waals surface area contributed by atoms with E-state index in [4.69, 9.17) is 5.73 Å². The van der Waals surface area contributed by atoms with Crippen LogP contribution >= 0.6 is 0 Å². The molecule has 0 aliphatic rings. The largest absolute Gasteiger partial charge is 0.326 e. The second-order valence-electron chi connectivity index (χ2n) is 4.45. The van der Waals surface area contributed by atoms with Crippen LogP contribution in [0.4, 0.5) is 5.82 Å². The van der Waals surface area contributed by atoms with Crippen molar-refractivity contribution < 1.29 is 8.42 Å². The number of hydrogen-bond acceptors (Lipinski definition) is 4. The van der Waals surface area contributed by atoms with Crippen LogP contribution in [0, 0.1) is 6.92 Å². The zero-order valence-corrected chi connectivity index (χ0v) is 12.3. The molecule has 1 aromatic heterocycles. The van der Waals surface area contributed by atoms with Crippen LogP contribution in [0.25, 0.3) is 0 Å². The minimum Gasteiger partial charge on any atom is -0.326 e. The molecule has 2 aromatic rings. The fourth-order valence-electron chi connectivity index (χ4n) is 1.88. The molecule has 0 fully saturated rings. The molecule has 5 nitrogen and oxygen atoms in total. The van der Waals surface area contributed by atoms with Crippen LogP contribution in [0.2, 0.25) is 0 Å². The van der Waals surface area contributed by atoms with Crippen molar-refractivity contribution in [3.8, 4) is 0 Å². The summed E-state index contributed by atoms with van der Waals surface area (Å²) in [6.45, 7) is 2.24. The van der Waals surface area contributed by atoms with E-state index in [2.05, 4.69) is 4.98 Å². The third-order valence-electron chi connectivity index (χ3n) is 3.16. The normalized spacial score (nSPS) is 11.3. The van der Waals surface area contributed by atoms with Crippen molar-refractivity contribution in [2.45, 2.75) is 18.4 Å². The van der Waals surface area contributed by atoms with E-state index in [1.54, 1.807) is 42.6 Å². The van der Waals surface area contributed by atoms with Gasteiger partial charge in [0, 0.05) is 19.8 Å². The van der Waals surface area contributed by atoms with Gasteiger partial charge in [-0.15, -0.1) is 0 Å². The average molecular weight is 291 g/mol. The van der Waals surface area contributed by atoms with Crippen molar-refractivity contribution in [2.75, 3.05) is 11.4 Å². The molecule has 0 amide bonds. The van der Waals surface area contributed by atoms with Gasteiger partial charge >= 0.3 is 0 Å². The Morgan fingerprint density at radius 3 is 2.55 bits per heavy atom. The van der Waals surface area contributed by atoms with Gasteiger partial charge in [0.1, 0.15) is 5.82 Å². The molecule has 1 heterocycles. The molecule has 1 aromatic carbocycles. The molecular formula is C14H17N3O2S. The van der Waals surface area contributed by atoms with Gasteiger partial charge in [-0.2, -0.15) is 0 Å². The zero-order valence-electron chi connectivity index (χ0n) is 11.4. The highest BCUT2D eigenvalue weighted by Crippen LogP contribution is 2.21. The summed E-state index contributed by atoms with van der Waals surface area (Å²) in [6, 6.07) is 10.1. The summed E-state index contributed by atoms with van der Waals surface area (Å²) >= 11 is 0. The van der Waals surface area contributed by atoms with Gasteiger partial charge in [-0.05, 0) is 42.3 Å². The Balaban J connectivity index is 2.43. The molecule has 2 rings (SSSR count). The van der Waals surface area contributed by atoms with Gasteiger partial charge in [0.25, 0.3) is 10.0 Å². The SMILES string of the molecule is Cc1cc(S(=O)(=O)N(C)c2ccccn2)ccc1CN. The molecule has 2 N–H and O–H groups in total. The van der Waals surface area contributed by atoms with E-state index < -0.39 is 10.0 Å². The van der Waals surface area contributed by atoms with Gasteiger partial charge in [-0.25, -0.2) is 13.4 Å². The second-order valence-corrected chi connectivity index (χ2v) is 6.42. The lowest BCUT2D eigenvalue weighted by Crippen LogP contribution is -2.27. The molecule has 0 bridgehead atoms. The van der Waals surface area contributed by atoms with E-state index in [9.17, 15) is 8.42 Å². The predicted molar refractivity (Wildman–Crippen MR) is 78.9 cm³/mol. The van der Waals surface area contributed by atoms with Crippen LogP contribution in [0.5, 0.6) is 0 Å². The quantitative estimate of drug-likeness (QED) is 0.929. The minimum absolute atomic E-state index is 0.236. The molecule has 0 spiro atoms. The summed E-state index contributed by atoms with van der Waals surface area (Å²) < 4.78 is 26.2. The molecule has 20 heavy (non-hydrogen) atoms. The topological polar surface area (TPSA) is 76.3 Å². The standard InChI is InChI=1S/C14H17N3O2S/c1-11-9-13(7-6-12(11)10-15)20(18,19)17(2)14-5-3-4-8-16-14/h3-9H,10,15H2,1-2H3. The first-order valence-electron chi connectivity index (χ1n) is 6.16. The number of aromatic nitrogens is 1. The molecule has 0 saturated heterocycles. The van der Waals surface area contributed by atoms with Crippen LogP contribution in [-0.2, 0) is 16.6 Å². The first-order chi connectivity index (χ1) is 9.46. The molecule has 0 saturated carbocycles. The lowest BCUT2D eigenvalue weighted by Gasteiger charge is -2.19. The van der Waals surface area contributed by atoms with Crippen molar-refractivity contribution in [1.82, 2.24) is 4.98 Å². The molecule has 6 heteroatoms. The number of nitrogens with two attached hydrogens (primary N) is 1. The molecular weight excluding hydrogens is 274 g/mol. The van der Waals surface area contributed by atoms with Gasteiger partial charge in [-0.1, -0.05) is 12.1 Å². The van der Waals surface area contributed by atoms with E-state index in [0.717, 1.165) is 11.1 Å². The van der Waals surface area contributed by atoms with Crippen LogP contribution in [0.3, 0.4) is 0 Å². The Bertz CT molecular complexity index is 700. The number of nitrogens with zero attached hydrogens (tertiary/aromatic N) is 2. The number of sulfonamides is 1. The molecule has 0 aliphatic carbocycles. The van der Waals surface area contributed by atoms with Gasteiger partial charge in [0.15, 0.2) is 0 Å². The Morgan fingerprint density at radius 2 is 2.00 bits per heavy atom. The monoisotopic (exact) mass is 291 g/mol. The van der Waals surface area contributed by atoms with E-state index in [0.29, 0.717) is 12.4 Å². The van der Waals surface area contributed by atoms with Crippen molar-refractivity contribution in [3.63, 3.8) is 0 Å². The summed E-state index contributed by atoms with van der Waals surface area (Å²) in [5, 5.41) is 0. The highest BCUT2D eigenvalue weighted by atomic mass is 32.2. The first-order valence-corrected chi connectivity index (χ1v) is 7.60. The first kappa shape index (κ1) is 14.5. The summed E-state index contributed by atoms with van der Waals surface area (Å²) in [5.74, 6) is 0.382. The van der Waals surface area contributed by atoms with Gasteiger partial charge < -0.3 is 5.73 Å². The van der Waals surface area contributed by atoms with Crippen molar-refractivity contribution in [3.05, 3.63) is 53.7 Å². The van der Waals surface area contributed by atoms with Gasteiger partial charge in [0.05, 0.1) is 4.90 Å². The number of rotatable bonds is 4. The maximum Gasteiger partial charge on any atom is 0.265 e. The molecule has 0 atom stereocenters. The number of anilines is 1. The fourth-order valence-corrected chi connectivity index (χ4v) is 3.12. The average Bonchev–Trinajstić information content (AvgIpc) is 2.47. The van der Waals surface area contributed by atoms with E-state index >= 15 is 0 Å². The second kappa shape index (κ2) is 5.60. The van der Waals surface area contributed by atoms with E-state index in [-0.39, 0.29) is 4.90 Å². The predicted octanol–water partition coefficient (Wildman–Crippen LogP) is 1.67. The number of pyridine rings is 1. The summed E-state index contributed by atoms with van der Waals surface area (Å²) in [6.07, 6.45) is 1.56. The molecule has 0 unspecified atom stereocenters. The number of aryl methyl sites for hydroxylation is 1. The Hall–Kier alpha value is -1.92. The fraction of sp³-hybridized carbons (Fsp3) is 0.214. The molecule has 0 radical (unpaired) electrons. The third kappa shape index (κ3) is 2.66. The maximum atomic E-state index is 12.5. The highest BCUT2D eigenvalue weighted by molar-refractivity contribution is 7.92. The van der Waals surface area contributed by atoms with Crippen LogP contribution in [0.15, 0.2) is 47.5 Å². The smallest absolute Gasteiger partial charge is 0.265 e. The van der Waals surface area contributed by atoms with Gasteiger partial charge in [-0.3, -0.25) is 4.31 Å². The lowest BCUT2D eigenvalue weighted by molar-refractivity contribution is 0.594. The summed E-state index contributed by atoms with van der Waals surface area (Å²) in [5.41, 5.74) is 7.39. The van der Waals surface area contributed by atoms with Crippen molar-refractivity contribution >= 4 is 15.8 Å².